The van der Waals surface area contributed by atoms with Crippen molar-refractivity contribution in [2.75, 3.05) is 39.8 Å². The minimum atomic E-state index is -0.343. The first-order valence-corrected chi connectivity index (χ1v) is 9.93. The lowest BCUT2D eigenvalue weighted by Gasteiger charge is -2.29. The number of para-hydroxylation sites is 2. The smallest absolute Gasteiger partial charge is 0.408 e. The van der Waals surface area contributed by atoms with Crippen LogP contribution in [-0.2, 0) is 0 Å². The van der Waals surface area contributed by atoms with Crippen LogP contribution in [0.2, 0.25) is 0 Å². The highest BCUT2D eigenvalue weighted by Gasteiger charge is 2.30. The van der Waals surface area contributed by atoms with Crippen molar-refractivity contribution in [2.24, 2.45) is 5.92 Å². The summed E-state index contributed by atoms with van der Waals surface area (Å²) in [6, 6.07) is 7.39. The number of nitrogens with zero attached hydrogens (tertiary/aromatic N) is 3. The van der Waals surface area contributed by atoms with Crippen LogP contribution in [-0.4, -0.2) is 60.2 Å². The van der Waals surface area contributed by atoms with Crippen molar-refractivity contribution in [3.8, 4) is 0 Å². The third-order valence-corrected chi connectivity index (χ3v) is 5.89. The predicted octanol–water partition coefficient (Wildman–Crippen LogP) is 2.28. The Bertz CT molecular complexity index is 858. The van der Waals surface area contributed by atoms with Crippen molar-refractivity contribution in [1.29, 1.82) is 0 Å². The molecule has 0 aliphatic carbocycles. The van der Waals surface area contributed by atoms with Crippen molar-refractivity contribution in [2.45, 2.75) is 31.7 Å². The number of hydrogen-bond acceptors (Lipinski definition) is 4. The highest BCUT2D eigenvalue weighted by Crippen LogP contribution is 2.25. The number of oxazole rings is 1. The summed E-state index contributed by atoms with van der Waals surface area (Å²) in [5.74, 6) is 0.330. The van der Waals surface area contributed by atoms with E-state index in [1.54, 1.807) is 10.6 Å². The molecule has 0 saturated carbocycles. The Morgan fingerprint density at radius 1 is 1.22 bits per heavy atom. The van der Waals surface area contributed by atoms with Gasteiger partial charge in [0.25, 0.3) is 0 Å². The molecule has 7 nitrogen and oxygen atoms in total. The van der Waals surface area contributed by atoms with E-state index in [1.807, 2.05) is 23.1 Å². The van der Waals surface area contributed by atoms with Crippen molar-refractivity contribution < 1.29 is 9.21 Å². The Hall–Kier alpha value is -2.28. The fourth-order valence-electron chi connectivity index (χ4n) is 4.47. The minimum Gasteiger partial charge on any atom is -0.408 e. The SMILES string of the molecule is CN1CCCC(CCNC(=O)N2CCC(n3c(=O)oc4ccccc43)C2)C1. The van der Waals surface area contributed by atoms with E-state index in [9.17, 15) is 9.59 Å². The lowest BCUT2D eigenvalue weighted by Crippen LogP contribution is -2.40. The van der Waals surface area contributed by atoms with Crippen molar-refractivity contribution in [3.63, 3.8) is 0 Å². The zero-order chi connectivity index (χ0) is 18.8. The van der Waals surface area contributed by atoms with Gasteiger partial charge in [0.15, 0.2) is 5.58 Å². The standard InChI is InChI=1S/C20H28N4O3/c1-22-11-4-5-15(13-22)8-10-21-19(25)23-12-9-16(14-23)24-17-6-2-3-7-18(17)27-20(24)26/h2-3,6-7,15-16H,4-5,8-14H2,1H3,(H,21,25). The molecular formula is C20H28N4O3. The molecule has 2 fully saturated rings. The van der Waals surface area contributed by atoms with Gasteiger partial charge in [-0.3, -0.25) is 4.57 Å². The summed E-state index contributed by atoms with van der Waals surface area (Å²) in [5.41, 5.74) is 1.40. The van der Waals surface area contributed by atoms with Crippen LogP contribution in [0, 0.1) is 5.92 Å². The van der Waals surface area contributed by atoms with E-state index >= 15 is 0 Å². The number of fused-ring (bicyclic) bond motifs is 1. The topological polar surface area (TPSA) is 70.7 Å². The fourth-order valence-corrected chi connectivity index (χ4v) is 4.47. The predicted molar refractivity (Wildman–Crippen MR) is 104 cm³/mol. The third-order valence-electron chi connectivity index (χ3n) is 5.89. The third kappa shape index (κ3) is 3.88. The van der Waals surface area contributed by atoms with Crippen LogP contribution in [0.5, 0.6) is 0 Å². The number of urea groups is 1. The van der Waals surface area contributed by atoms with Crippen LogP contribution in [0.4, 0.5) is 4.79 Å². The zero-order valence-corrected chi connectivity index (χ0v) is 15.9. The van der Waals surface area contributed by atoms with Gasteiger partial charge < -0.3 is 19.5 Å². The summed E-state index contributed by atoms with van der Waals surface area (Å²) in [6.07, 6.45) is 4.29. The van der Waals surface area contributed by atoms with Crippen LogP contribution in [0.1, 0.15) is 31.7 Å². The number of nitrogens with one attached hydrogen (secondary N) is 1. The molecule has 2 unspecified atom stereocenters. The van der Waals surface area contributed by atoms with Crippen LogP contribution >= 0.6 is 0 Å². The second-order valence-electron chi connectivity index (χ2n) is 7.89. The zero-order valence-electron chi connectivity index (χ0n) is 15.9. The molecule has 0 spiro atoms. The van der Waals surface area contributed by atoms with Gasteiger partial charge in [-0.1, -0.05) is 12.1 Å². The summed E-state index contributed by atoms with van der Waals surface area (Å²) in [7, 11) is 2.16. The minimum absolute atomic E-state index is 0.0255. The molecule has 7 heteroatoms. The number of hydrogen-bond donors (Lipinski definition) is 1. The molecule has 1 aromatic heterocycles. The summed E-state index contributed by atoms with van der Waals surface area (Å²) >= 11 is 0. The lowest BCUT2D eigenvalue weighted by molar-refractivity contribution is 0.193. The average molecular weight is 372 g/mol. The van der Waals surface area contributed by atoms with E-state index in [-0.39, 0.29) is 17.8 Å². The van der Waals surface area contributed by atoms with Gasteiger partial charge in [0.05, 0.1) is 11.6 Å². The molecule has 2 aliphatic heterocycles. The Balaban J connectivity index is 1.32. The Kier molecular flexibility index (Phi) is 5.20. The molecule has 0 bridgehead atoms. The first kappa shape index (κ1) is 18.1. The number of aromatic nitrogens is 1. The number of piperidine rings is 1. The second kappa shape index (κ2) is 7.76. The second-order valence-corrected chi connectivity index (χ2v) is 7.89. The molecule has 27 heavy (non-hydrogen) atoms. The van der Waals surface area contributed by atoms with Gasteiger partial charge in [0, 0.05) is 26.2 Å². The molecule has 2 aromatic rings. The largest absolute Gasteiger partial charge is 0.420 e. The number of carbonyl (C=O) groups is 1. The van der Waals surface area contributed by atoms with Crippen molar-refractivity contribution in [3.05, 3.63) is 34.8 Å². The van der Waals surface area contributed by atoms with Gasteiger partial charge in [-0.05, 0) is 57.3 Å². The van der Waals surface area contributed by atoms with Crippen LogP contribution in [0.15, 0.2) is 33.5 Å². The number of likely N-dealkylation sites (tertiary alicyclic amines) is 2. The molecule has 2 saturated heterocycles. The maximum atomic E-state index is 12.5. The van der Waals surface area contributed by atoms with E-state index in [4.69, 9.17) is 4.42 Å². The van der Waals surface area contributed by atoms with Gasteiger partial charge in [-0.25, -0.2) is 9.59 Å². The summed E-state index contributed by atoms with van der Waals surface area (Å²) in [5, 5.41) is 3.06. The number of amides is 2. The highest BCUT2D eigenvalue weighted by atomic mass is 16.4. The van der Waals surface area contributed by atoms with Gasteiger partial charge in [-0.15, -0.1) is 0 Å². The molecule has 0 radical (unpaired) electrons. The van der Waals surface area contributed by atoms with Crippen LogP contribution in [0.3, 0.4) is 0 Å². The van der Waals surface area contributed by atoms with Crippen molar-refractivity contribution >= 4 is 17.1 Å². The van der Waals surface area contributed by atoms with Gasteiger partial charge in [0.1, 0.15) is 0 Å². The Labute approximate surface area is 158 Å². The van der Waals surface area contributed by atoms with Crippen LogP contribution in [0.25, 0.3) is 11.1 Å². The number of rotatable bonds is 4. The number of carbonyl (C=O) groups excluding carboxylic acids is 1. The van der Waals surface area contributed by atoms with Gasteiger partial charge >= 0.3 is 11.8 Å². The first-order valence-electron chi connectivity index (χ1n) is 9.93. The Morgan fingerprint density at radius 3 is 2.93 bits per heavy atom. The summed E-state index contributed by atoms with van der Waals surface area (Å²) in [6.45, 7) is 4.22. The Morgan fingerprint density at radius 2 is 2.07 bits per heavy atom. The summed E-state index contributed by atoms with van der Waals surface area (Å²) in [4.78, 5) is 28.9. The maximum absolute atomic E-state index is 12.5. The maximum Gasteiger partial charge on any atom is 0.420 e. The first-order chi connectivity index (χ1) is 13.1. The molecule has 1 aromatic carbocycles. The molecule has 4 rings (SSSR count). The van der Waals surface area contributed by atoms with E-state index < -0.39 is 0 Å². The molecule has 2 atom stereocenters. The quantitative estimate of drug-likeness (QED) is 0.894. The van der Waals surface area contributed by atoms with E-state index in [0.29, 0.717) is 31.1 Å². The molecule has 2 aliphatic rings. The fraction of sp³-hybridized carbons (Fsp3) is 0.600. The summed E-state index contributed by atoms with van der Waals surface area (Å²) < 4.78 is 7.03. The van der Waals surface area contributed by atoms with Crippen molar-refractivity contribution in [1.82, 2.24) is 19.7 Å². The number of benzene rings is 1. The molecule has 3 heterocycles. The average Bonchev–Trinajstić information content (AvgIpc) is 3.25. The van der Waals surface area contributed by atoms with E-state index in [0.717, 1.165) is 24.9 Å². The highest BCUT2D eigenvalue weighted by molar-refractivity contribution is 5.75. The normalized spacial score (nSPS) is 23.8. The molecule has 1 N–H and O–H groups in total. The van der Waals surface area contributed by atoms with Crippen LogP contribution < -0.4 is 11.1 Å². The lowest BCUT2D eigenvalue weighted by atomic mass is 9.95. The monoisotopic (exact) mass is 372 g/mol. The molecular weight excluding hydrogens is 344 g/mol. The molecule has 2 amide bonds. The van der Waals surface area contributed by atoms with E-state index in [1.165, 1.54) is 19.4 Å². The molecule has 146 valence electrons. The van der Waals surface area contributed by atoms with Gasteiger partial charge in [0.2, 0.25) is 0 Å². The van der Waals surface area contributed by atoms with E-state index in [2.05, 4.69) is 17.3 Å². The van der Waals surface area contributed by atoms with Gasteiger partial charge in [-0.2, -0.15) is 0 Å².